The van der Waals surface area contributed by atoms with Gasteiger partial charge in [0.25, 0.3) is 0 Å². The van der Waals surface area contributed by atoms with Crippen molar-refractivity contribution in [3.05, 3.63) is 70.8 Å². The molecule has 0 aliphatic carbocycles. The van der Waals surface area contributed by atoms with Crippen LogP contribution in [0.3, 0.4) is 0 Å². The van der Waals surface area contributed by atoms with E-state index in [-0.39, 0.29) is 16.5 Å². The summed E-state index contributed by atoms with van der Waals surface area (Å²) in [6, 6.07) is 11.3. The van der Waals surface area contributed by atoms with E-state index in [1.165, 1.54) is 12.1 Å². The summed E-state index contributed by atoms with van der Waals surface area (Å²) in [6.45, 7) is 1.69. The summed E-state index contributed by atoms with van der Waals surface area (Å²) in [6.07, 6.45) is 0. The van der Waals surface area contributed by atoms with Crippen LogP contribution in [-0.4, -0.2) is 0 Å². The molecular formula is C14H11BrF2. The molecule has 17 heavy (non-hydrogen) atoms. The zero-order valence-electron chi connectivity index (χ0n) is 9.25. The van der Waals surface area contributed by atoms with Gasteiger partial charge < -0.3 is 0 Å². The van der Waals surface area contributed by atoms with Crippen LogP contribution in [0.1, 0.15) is 21.5 Å². The second-order valence-corrected chi connectivity index (χ2v) is 4.81. The molecule has 0 heterocycles. The summed E-state index contributed by atoms with van der Waals surface area (Å²) in [5.41, 5.74) is 1.95. The minimum Gasteiger partial charge on any atom is -0.207 e. The van der Waals surface area contributed by atoms with Crippen molar-refractivity contribution < 1.29 is 8.78 Å². The lowest BCUT2D eigenvalue weighted by molar-refractivity contribution is 0.611. The number of hydrogen-bond donors (Lipinski definition) is 0. The Morgan fingerprint density at radius 3 is 2.35 bits per heavy atom. The van der Waals surface area contributed by atoms with Crippen molar-refractivity contribution in [1.29, 1.82) is 0 Å². The maximum absolute atomic E-state index is 13.6. The van der Waals surface area contributed by atoms with Gasteiger partial charge in [0, 0.05) is 5.56 Å². The van der Waals surface area contributed by atoms with E-state index >= 15 is 0 Å². The second-order valence-electron chi connectivity index (χ2n) is 3.89. The van der Waals surface area contributed by atoms with Crippen LogP contribution in [0.25, 0.3) is 0 Å². The fourth-order valence-corrected chi connectivity index (χ4v) is 2.34. The van der Waals surface area contributed by atoms with Gasteiger partial charge in [-0.2, -0.15) is 0 Å². The van der Waals surface area contributed by atoms with E-state index in [9.17, 15) is 8.78 Å². The van der Waals surface area contributed by atoms with Gasteiger partial charge >= 0.3 is 0 Å². The highest BCUT2D eigenvalue weighted by Gasteiger charge is 2.14. The molecule has 0 fully saturated rings. The molecule has 0 N–H and O–H groups in total. The molecule has 0 aromatic heterocycles. The molecule has 0 spiro atoms. The molecule has 2 rings (SSSR count). The van der Waals surface area contributed by atoms with E-state index in [0.29, 0.717) is 11.1 Å². The average molecular weight is 297 g/mol. The van der Waals surface area contributed by atoms with E-state index in [4.69, 9.17) is 0 Å². The van der Waals surface area contributed by atoms with Crippen LogP contribution in [-0.2, 0) is 0 Å². The van der Waals surface area contributed by atoms with Crippen molar-refractivity contribution in [1.82, 2.24) is 0 Å². The van der Waals surface area contributed by atoms with Gasteiger partial charge in [-0.05, 0) is 30.2 Å². The van der Waals surface area contributed by atoms with Crippen molar-refractivity contribution in [3.8, 4) is 0 Å². The molecule has 0 amide bonds. The maximum Gasteiger partial charge on any atom is 0.127 e. The van der Waals surface area contributed by atoms with Crippen molar-refractivity contribution in [2.24, 2.45) is 0 Å². The lowest BCUT2D eigenvalue weighted by Gasteiger charge is -2.12. The fourth-order valence-electron chi connectivity index (χ4n) is 1.69. The van der Waals surface area contributed by atoms with E-state index in [1.807, 2.05) is 0 Å². The number of halogens is 3. The molecule has 0 bridgehead atoms. The van der Waals surface area contributed by atoms with Crippen molar-refractivity contribution >= 4 is 15.9 Å². The highest BCUT2D eigenvalue weighted by molar-refractivity contribution is 9.09. The zero-order valence-corrected chi connectivity index (χ0v) is 10.8. The largest absolute Gasteiger partial charge is 0.207 e. The Balaban J connectivity index is 2.40. The first-order valence-corrected chi connectivity index (χ1v) is 6.15. The van der Waals surface area contributed by atoms with Crippen LogP contribution in [0.5, 0.6) is 0 Å². The number of alkyl halides is 1. The Kier molecular flexibility index (Phi) is 3.57. The first-order chi connectivity index (χ1) is 8.09. The van der Waals surface area contributed by atoms with Crippen LogP contribution < -0.4 is 0 Å². The highest BCUT2D eigenvalue weighted by atomic mass is 79.9. The summed E-state index contributed by atoms with van der Waals surface area (Å²) in [7, 11) is 0. The van der Waals surface area contributed by atoms with Gasteiger partial charge in [-0.3, -0.25) is 0 Å². The number of aryl methyl sites for hydroxylation is 1. The molecule has 2 aromatic carbocycles. The molecule has 0 radical (unpaired) electrons. The summed E-state index contributed by atoms with van der Waals surface area (Å²) in [5, 5.41) is 0. The molecule has 0 saturated heterocycles. The summed E-state index contributed by atoms with van der Waals surface area (Å²) in [4.78, 5) is -0.261. The molecule has 3 heteroatoms. The standard InChI is InChI=1S/C14H11BrF2/c1-9-8-10(6-7-12(9)16)14(15)11-4-2-3-5-13(11)17/h2-8,14H,1H3. The SMILES string of the molecule is Cc1cc(C(Br)c2ccccc2F)ccc1F. The summed E-state index contributed by atoms with van der Waals surface area (Å²) < 4.78 is 26.8. The Labute approximate surface area is 107 Å². The van der Waals surface area contributed by atoms with E-state index in [1.54, 1.807) is 37.3 Å². The molecule has 88 valence electrons. The molecule has 0 aliphatic rings. The quantitative estimate of drug-likeness (QED) is 0.701. The lowest BCUT2D eigenvalue weighted by atomic mass is 10.0. The number of hydrogen-bond acceptors (Lipinski definition) is 0. The smallest absolute Gasteiger partial charge is 0.127 e. The first kappa shape index (κ1) is 12.2. The van der Waals surface area contributed by atoms with Gasteiger partial charge in [0.1, 0.15) is 11.6 Å². The van der Waals surface area contributed by atoms with E-state index in [2.05, 4.69) is 15.9 Å². The molecule has 0 aliphatic heterocycles. The van der Waals surface area contributed by atoms with Crippen LogP contribution in [0.15, 0.2) is 42.5 Å². The normalized spacial score (nSPS) is 12.5. The Morgan fingerprint density at radius 1 is 1.00 bits per heavy atom. The van der Waals surface area contributed by atoms with Crippen molar-refractivity contribution in [2.45, 2.75) is 11.8 Å². The average Bonchev–Trinajstić information content (AvgIpc) is 2.32. The number of benzene rings is 2. The maximum atomic E-state index is 13.6. The third kappa shape index (κ3) is 2.55. The van der Waals surface area contributed by atoms with Gasteiger partial charge in [0.15, 0.2) is 0 Å². The van der Waals surface area contributed by atoms with Gasteiger partial charge in [-0.15, -0.1) is 0 Å². The first-order valence-electron chi connectivity index (χ1n) is 5.24. The van der Waals surface area contributed by atoms with Crippen molar-refractivity contribution in [2.75, 3.05) is 0 Å². The van der Waals surface area contributed by atoms with Gasteiger partial charge in [0.2, 0.25) is 0 Å². The summed E-state index contributed by atoms with van der Waals surface area (Å²) >= 11 is 3.44. The van der Waals surface area contributed by atoms with Gasteiger partial charge in [0.05, 0.1) is 4.83 Å². The minimum atomic E-state index is -0.267. The Hall–Kier alpha value is -1.22. The third-order valence-electron chi connectivity index (χ3n) is 2.65. The minimum absolute atomic E-state index is 0.248. The zero-order chi connectivity index (χ0) is 12.4. The van der Waals surface area contributed by atoms with Crippen LogP contribution in [0.4, 0.5) is 8.78 Å². The predicted octanol–water partition coefficient (Wildman–Crippen LogP) is 4.76. The second kappa shape index (κ2) is 4.96. The fraction of sp³-hybridized carbons (Fsp3) is 0.143. The third-order valence-corrected chi connectivity index (χ3v) is 3.67. The topological polar surface area (TPSA) is 0 Å². The Bertz CT molecular complexity index is 537. The van der Waals surface area contributed by atoms with Crippen molar-refractivity contribution in [3.63, 3.8) is 0 Å². The Morgan fingerprint density at radius 2 is 1.71 bits per heavy atom. The molecule has 0 nitrogen and oxygen atoms in total. The number of rotatable bonds is 2. The summed E-state index contributed by atoms with van der Waals surface area (Å²) in [5.74, 6) is -0.515. The monoisotopic (exact) mass is 296 g/mol. The van der Waals surface area contributed by atoms with Crippen LogP contribution in [0.2, 0.25) is 0 Å². The van der Waals surface area contributed by atoms with E-state index in [0.717, 1.165) is 5.56 Å². The highest BCUT2D eigenvalue weighted by Crippen LogP contribution is 2.32. The van der Waals surface area contributed by atoms with Gasteiger partial charge in [-0.25, -0.2) is 8.78 Å². The molecular weight excluding hydrogens is 286 g/mol. The van der Waals surface area contributed by atoms with Crippen LogP contribution in [0, 0.1) is 18.6 Å². The molecule has 1 unspecified atom stereocenters. The molecule has 1 atom stereocenters. The predicted molar refractivity (Wildman–Crippen MR) is 68.3 cm³/mol. The molecule has 2 aromatic rings. The lowest BCUT2D eigenvalue weighted by Crippen LogP contribution is -1.97. The molecule has 0 saturated carbocycles. The van der Waals surface area contributed by atoms with Gasteiger partial charge in [-0.1, -0.05) is 46.3 Å². The van der Waals surface area contributed by atoms with E-state index < -0.39 is 0 Å². The van der Waals surface area contributed by atoms with Crippen LogP contribution >= 0.6 is 15.9 Å².